The molecule has 0 N–H and O–H groups in total. The van der Waals surface area contributed by atoms with E-state index in [0.29, 0.717) is 11.4 Å². The van der Waals surface area contributed by atoms with Crippen LogP contribution in [0.4, 0.5) is 17.2 Å². The van der Waals surface area contributed by atoms with Crippen LogP contribution < -0.4 is 15.8 Å². The summed E-state index contributed by atoms with van der Waals surface area (Å²) in [6, 6.07) is 0. The number of hydrogen-bond acceptors (Lipinski definition) is 4. The van der Waals surface area contributed by atoms with E-state index in [1.54, 1.807) is 7.05 Å². The van der Waals surface area contributed by atoms with Crippen molar-refractivity contribution < 1.29 is 0 Å². The third-order valence-corrected chi connectivity index (χ3v) is 3.43. The second-order valence-electron chi connectivity index (χ2n) is 7.66. The van der Waals surface area contributed by atoms with E-state index >= 15 is 0 Å². The predicted octanol–water partition coefficient (Wildman–Crippen LogP) is 3.26. The van der Waals surface area contributed by atoms with Gasteiger partial charge in [-0.2, -0.15) is 0 Å². The van der Waals surface area contributed by atoms with Crippen molar-refractivity contribution in [2.24, 2.45) is 17.3 Å². The van der Waals surface area contributed by atoms with Gasteiger partial charge in [0.25, 0.3) is 5.56 Å². The molecule has 0 aliphatic carbocycles. The van der Waals surface area contributed by atoms with Crippen LogP contribution in [-0.4, -0.2) is 9.78 Å². The third kappa shape index (κ3) is 3.15. The van der Waals surface area contributed by atoms with Crippen molar-refractivity contribution in [2.45, 2.75) is 52.4 Å². The third-order valence-electron chi connectivity index (χ3n) is 3.43. The molecule has 2 aromatic rings. The maximum Gasteiger partial charge on any atom is 0.257 e. The summed E-state index contributed by atoms with van der Waals surface area (Å²) >= 11 is 0. The van der Waals surface area contributed by atoms with E-state index in [0.717, 1.165) is 0 Å². The Balaban J connectivity index is 2.53. The normalized spacial score (nSPS) is 12.8. The van der Waals surface area contributed by atoms with E-state index in [9.17, 15) is 4.79 Å². The molecule has 8 heteroatoms. The lowest BCUT2D eigenvalue weighted by atomic mass is 9.91. The fourth-order valence-electron chi connectivity index (χ4n) is 2.16. The van der Waals surface area contributed by atoms with Gasteiger partial charge < -0.3 is 20.0 Å². The Morgan fingerprint density at radius 2 is 1.75 bits per heavy atom. The number of azo groups is 1. The molecular weight excluding hydrogens is 306 g/mol. The second kappa shape index (κ2) is 5.74. The predicted molar refractivity (Wildman–Crippen MR) is 90.4 cm³/mol. The molecule has 0 aliphatic rings. The van der Waals surface area contributed by atoms with E-state index in [2.05, 4.69) is 30.4 Å². The highest BCUT2D eigenvalue weighted by Gasteiger charge is 2.21. The lowest BCUT2D eigenvalue weighted by Gasteiger charge is -2.25. The number of rotatable bonds is 2. The van der Waals surface area contributed by atoms with Gasteiger partial charge in [-0.1, -0.05) is 41.5 Å². The van der Waals surface area contributed by atoms with Crippen molar-refractivity contribution in [2.75, 3.05) is 0 Å². The van der Waals surface area contributed by atoms with E-state index in [-0.39, 0.29) is 33.6 Å². The summed E-state index contributed by atoms with van der Waals surface area (Å²) in [5, 5.41) is 20.3. The van der Waals surface area contributed by atoms with Crippen molar-refractivity contribution >= 4 is 17.2 Å². The molecule has 8 nitrogen and oxygen atoms in total. The van der Waals surface area contributed by atoms with Gasteiger partial charge >= 0.3 is 0 Å². The summed E-state index contributed by atoms with van der Waals surface area (Å²) in [6.45, 7) is 19.0. The Kier molecular flexibility index (Phi) is 4.23. The van der Waals surface area contributed by atoms with E-state index in [4.69, 9.17) is 6.57 Å². The largest absolute Gasteiger partial charge is 0.594 e. The van der Waals surface area contributed by atoms with Crippen LogP contribution in [0.5, 0.6) is 0 Å². The molecule has 0 atom stereocenters. The highest BCUT2D eigenvalue weighted by Crippen LogP contribution is 2.37. The Morgan fingerprint density at radius 3 is 2.25 bits per heavy atom. The van der Waals surface area contributed by atoms with Crippen molar-refractivity contribution in [3.05, 3.63) is 33.2 Å². The monoisotopic (exact) mass is 327 g/mol. The van der Waals surface area contributed by atoms with Crippen molar-refractivity contribution in [1.29, 1.82) is 0 Å². The molecular formula is C16H21N7O-2. The summed E-state index contributed by atoms with van der Waals surface area (Å²) in [4.78, 5) is 15.7. The first kappa shape index (κ1) is 17.7. The van der Waals surface area contributed by atoms with Gasteiger partial charge in [0.2, 0.25) is 5.69 Å². The highest BCUT2D eigenvalue weighted by atomic mass is 16.1. The fourth-order valence-corrected chi connectivity index (χ4v) is 2.16. The van der Waals surface area contributed by atoms with Gasteiger partial charge in [-0.25, -0.2) is 4.85 Å². The van der Waals surface area contributed by atoms with Crippen LogP contribution in [0.3, 0.4) is 0 Å². The molecule has 0 unspecified atom stereocenters. The zero-order valence-corrected chi connectivity index (χ0v) is 15.0. The molecule has 0 saturated heterocycles. The number of aromatic nitrogens is 4. The van der Waals surface area contributed by atoms with Gasteiger partial charge in [0.1, 0.15) is 5.69 Å². The molecule has 2 rings (SSSR count). The van der Waals surface area contributed by atoms with Gasteiger partial charge in [0.05, 0.1) is 12.3 Å². The highest BCUT2D eigenvalue weighted by molar-refractivity contribution is 5.66. The first-order valence-electron chi connectivity index (χ1n) is 7.54. The molecule has 0 amide bonds. The van der Waals surface area contributed by atoms with Crippen LogP contribution in [0, 0.1) is 6.57 Å². The Labute approximate surface area is 140 Å². The zero-order chi connectivity index (χ0) is 18.3. The van der Waals surface area contributed by atoms with Crippen LogP contribution in [-0.2, 0) is 17.9 Å². The summed E-state index contributed by atoms with van der Waals surface area (Å²) in [6.07, 6.45) is 0. The minimum Gasteiger partial charge on any atom is -0.594 e. The molecule has 0 bridgehead atoms. The van der Waals surface area contributed by atoms with E-state index in [1.807, 2.05) is 41.5 Å². The lowest BCUT2D eigenvalue weighted by molar-refractivity contribution is 0.547. The van der Waals surface area contributed by atoms with Crippen molar-refractivity contribution in [3.63, 3.8) is 0 Å². The zero-order valence-electron chi connectivity index (χ0n) is 15.0. The average molecular weight is 327 g/mol. The minimum absolute atomic E-state index is 0.123. The van der Waals surface area contributed by atoms with Crippen LogP contribution in [0.1, 0.15) is 52.9 Å². The topological polar surface area (TPSA) is 92.2 Å². The maximum atomic E-state index is 12.2. The Hall–Kier alpha value is -2.69. The SMILES string of the molecule is [C-]#[N+]c1c(C(C)(C)C)n[n-]c1N=Nc1c(C(C)(C)C)[n-]n(C)c1=O. The summed E-state index contributed by atoms with van der Waals surface area (Å²) in [5.74, 6) is 0.123. The summed E-state index contributed by atoms with van der Waals surface area (Å²) in [7, 11) is 1.57. The van der Waals surface area contributed by atoms with Crippen LogP contribution in [0.2, 0.25) is 0 Å². The molecule has 0 radical (unpaired) electrons. The Morgan fingerprint density at radius 1 is 1.12 bits per heavy atom. The molecule has 0 saturated carbocycles. The summed E-state index contributed by atoms with van der Waals surface area (Å²) in [5.41, 5.74) is 0.542. The van der Waals surface area contributed by atoms with E-state index < -0.39 is 0 Å². The van der Waals surface area contributed by atoms with Gasteiger partial charge in [-0.3, -0.25) is 15.0 Å². The molecule has 0 spiro atoms. The average Bonchev–Trinajstić information content (AvgIpc) is 2.98. The molecule has 0 aromatic carbocycles. The first-order chi connectivity index (χ1) is 11.0. The van der Waals surface area contributed by atoms with Gasteiger partial charge in [0.15, 0.2) is 0 Å². The second-order valence-corrected chi connectivity index (χ2v) is 7.66. The minimum atomic E-state index is -0.355. The molecule has 0 fully saturated rings. The molecule has 2 aromatic heterocycles. The quantitative estimate of drug-likeness (QED) is 0.625. The fraction of sp³-hybridized carbons (Fsp3) is 0.562. The van der Waals surface area contributed by atoms with Gasteiger partial charge in [-0.15, -0.1) is 5.69 Å². The van der Waals surface area contributed by atoms with Crippen molar-refractivity contribution in [3.8, 4) is 0 Å². The van der Waals surface area contributed by atoms with Gasteiger partial charge in [0, 0.05) is 0 Å². The van der Waals surface area contributed by atoms with Gasteiger partial charge in [-0.05, 0) is 23.7 Å². The number of hydrogen-bond donors (Lipinski definition) is 0. The first-order valence-corrected chi connectivity index (χ1v) is 7.54. The standard InChI is InChI=1S/C16H22N7O/c1-15(2,3)11-9(17-7)13(21-19-11)20-18-10-12(16(4,5)6)22-23(8)14(10)24/h1-6,8H3,(H-,18,19,20,21,22,24)/q-1/p-1. The van der Waals surface area contributed by atoms with Crippen LogP contribution in [0.25, 0.3) is 4.85 Å². The molecule has 2 heterocycles. The molecule has 24 heavy (non-hydrogen) atoms. The van der Waals surface area contributed by atoms with Crippen molar-refractivity contribution in [1.82, 2.24) is 20.0 Å². The smallest absolute Gasteiger partial charge is 0.257 e. The van der Waals surface area contributed by atoms with Crippen LogP contribution >= 0.6 is 0 Å². The number of aryl methyl sites for hydroxylation is 1. The Bertz CT molecular complexity index is 876. The lowest BCUT2D eigenvalue weighted by Crippen LogP contribution is -2.14. The molecule has 0 aliphatic heterocycles. The van der Waals surface area contributed by atoms with E-state index in [1.165, 1.54) is 4.68 Å². The molecule has 128 valence electrons. The summed E-state index contributed by atoms with van der Waals surface area (Å²) < 4.78 is 1.24. The maximum absolute atomic E-state index is 12.2. The number of nitrogens with zero attached hydrogens (tertiary/aromatic N) is 7. The van der Waals surface area contributed by atoms with Crippen LogP contribution in [0.15, 0.2) is 15.0 Å².